The Morgan fingerprint density at radius 2 is 1.82 bits per heavy atom. The predicted octanol–water partition coefficient (Wildman–Crippen LogP) is 9.03. The molecule has 0 spiro atoms. The summed E-state index contributed by atoms with van der Waals surface area (Å²) in [5, 5.41) is 24.2. The van der Waals surface area contributed by atoms with Crippen LogP contribution in [-0.4, -0.2) is 79.2 Å². The van der Waals surface area contributed by atoms with Gasteiger partial charge in [0.05, 0.1) is 17.4 Å². The fourth-order valence-electron chi connectivity index (χ4n) is 15.7. The van der Waals surface area contributed by atoms with Gasteiger partial charge in [0.2, 0.25) is 5.88 Å². The lowest BCUT2D eigenvalue weighted by molar-refractivity contribution is -0.221. The molecule has 0 radical (unpaired) electrons. The number of hydrogen-bond donors (Lipinski definition) is 2. The van der Waals surface area contributed by atoms with Crippen molar-refractivity contribution in [1.29, 1.82) is 5.26 Å². The van der Waals surface area contributed by atoms with Crippen LogP contribution in [-0.2, 0) is 14.6 Å². The Morgan fingerprint density at radius 3 is 2.53 bits per heavy atom. The van der Waals surface area contributed by atoms with Gasteiger partial charge in [-0.05, 0) is 164 Å². The normalized spacial score (nSPS) is 40.0. The molecule has 60 heavy (non-hydrogen) atoms. The van der Waals surface area contributed by atoms with Crippen molar-refractivity contribution in [3.05, 3.63) is 59.3 Å². The molecule has 4 saturated carbocycles. The molecule has 5 fully saturated rings. The van der Waals surface area contributed by atoms with Crippen LogP contribution in [0, 0.1) is 74.4 Å². The summed E-state index contributed by atoms with van der Waals surface area (Å²) in [4.78, 5) is 19.3. The van der Waals surface area contributed by atoms with Gasteiger partial charge in [0.15, 0.2) is 9.84 Å². The highest BCUT2D eigenvalue weighted by molar-refractivity contribution is 7.91. The van der Waals surface area contributed by atoms with E-state index in [2.05, 4.69) is 81.5 Å². The van der Waals surface area contributed by atoms with Crippen LogP contribution < -0.4 is 10.1 Å². The summed E-state index contributed by atoms with van der Waals surface area (Å²) < 4.78 is 30.1. The van der Waals surface area contributed by atoms with Crippen LogP contribution in [0.5, 0.6) is 5.88 Å². The summed E-state index contributed by atoms with van der Waals surface area (Å²) in [6.45, 7) is 23.1. The number of nitriles is 1. The zero-order chi connectivity index (χ0) is 42.9. The SMILES string of the molecule is C=C(C)[C@@H]1CC[C@]2(NCCN3CCS(=O)(=O)CC3)CC[C@]3(C)[C@H](CC[C@@H]4[C@@]5(C)CC=C(C6=CC(C(COc7ncccc7C#N)C(=O)O)CCC6)C(C)(C)[C@@H]5CC[C@]43C)[C@@H]12. The van der Waals surface area contributed by atoms with Crippen molar-refractivity contribution in [3.8, 4) is 11.9 Å². The van der Waals surface area contributed by atoms with E-state index in [0.29, 0.717) is 48.2 Å². The average Bonchev–Trinajstić information content (AvgIpc) is 3.59. The van der Waals surface area contributed by atoms with Crippen LogP contribution in [0.15, 0.2) is 53.8 Å². The number of sulfone groups is 1. The molecule has 7 aliphatic rings. The minimum Gasteiger partial charge on any atom is -0.481 e. The number of fused-ring (bicyclic) bond motifs is 7. The van der Waals surface area contributed by atoms with Gasteiger partial charge < -0.3 is 20.1 Å². The van der Waals surface area contributed by atoms with E-state index in [-0.39, 0.29) is 57.1 Å². The second kappa shape index (κ2) is 16.0. The largest absolute Gasteiger partial charge is 0.481 e. The number of allylic oxidation sites excluding steroid dienone is 5. The molecule has 2 heterocycles. The van der Waals surface area contributed by atoms with Crippen LogP contribution in [0.25, 0.3) is 0 Å². The number of carboxylic acids is 1. The number of nitrogens with one attached hydrogen (secondary N) is 1. The third-order valence-electron chi connectivity index (χ3n) is 18.9. The van der Waals surface area contributed by atoms with Crippen molar-refractivity contribution in [3.63, 3.8) is 0 Å². The van der Waals surface area contributed by atoms with Crippen molar-refractivity contribution in [2.24, 2.45) is 63.1 Å². The number of aliphatic carboxylic acids is 1. The maximum atomic E-state index is 12.7. The molecule has 2 unspecified atom stereocenters. The lowest BCUT2D eigenvalue weighted by atomic mass is 9.33. The standard InChI is InChI=1S/C50H72N4O5S/c1-33(2)37-15-20-50(53-24-25-54-26-28-60(57,58)29-27-54)22-21-48(6)40(43(37)50)13-14-42-47(5)18-16-39(46(3,4)41(47)17-19-49(42,48)7)35-11-8-10-34(30-35)38(45(55)56)32-59-44-36(31-51)12-9-23-52-44/h9,12,16,23,30,34,37-38,40-43,53H,1,8,10-11,13-15,17-22,24-29,32H2,2-7H3,(H,55,56)/t34?,37-,38?,40+,41-,42+,43+,47-,48+,49+,50-/m0/s1. The van der Waals surface area contributed by atoms with Gasteiger partial charge in [-0.15, -0.1) is 0 Å². The van der Waals surface area contributed by atoms with Crippen LogP contribution >= 0.6 is 0 Å². The molecule has 1 aromatic rings. The van der Waals surface area contributed by atoms with Gasteiger partial charge in [-0.3, -0.25) is 4.79 Å². The van der Waals surface area contributed by atoms with Crippen molar-refractivity contribution < 1.29 is 23.1 Å². The molecule has 6 aliphatic carbocycles. The molecule has 1 aliphatic heterocycles. The smallest absolute Gasteiger partial charge is 0.310 e. The molecule has 1 aromatic heterocycles. The van der Waals surface area contributed by atoms with Gasteiger partial charge in [-0.2, -0.15) is 5.26 Å². The monoisotopic (exact) mass is 841 g/mol. The second-order valence-electron chi connectivity index (χ2n) is 21.8. The Kier molecular flexibility index (Phi) is 11.6. The van der Waals surface area contributed by atoms with E-state index in [9.17, 15) is 23.6 Å². The number of hydrogen-bond acceptors (Lipinski definition) is 8. The number of rotatable bonds is 11. The number of ether oxygens (including phenoxy) is 1. The number of carboxylic acid groups (broad SMARTS) is 1. The average molecular weight is 841 g/mol. The van der Waals surface area contributed by atoms with E-state index in [1.54, 1.807) is 18.3 Å². The van der Waals surface area contributed by atoms with E-state index >= 15 is 0 Å². The van der Waals surface area contributed by atoms with Gasteiger partial charge >= 0.3 is 5.97 Å². The van der Waals surface area contributed by atoms with Crippen molar-refractivity contribution in [1.82, 2.24) is 15.2 Å². The zero-order valence-electron chi connectivity index (χ0n) is 37.4. The molecular formula is C50H72N4O5S. The maximum Gasteiger partial charge on any atom is 0.310 e. The van der Waals surface area contributed by atoms with Crippen LogP contribution in [0.1, 0.15) is 124 Å². The molecule has 9 nitrogen and oxygen atoms in total. The van der Waals surface area contributed by atoms with Crippen LogP contribution in [0.3, 0.4) is 0 Å². The number of pyridine rings is 1. The summed E-state index contributed by atoms with van der Waals surface area (Å²) in [7, 11) is -2.88. The fraction of sp³-hybridized carbons (Fsp3) is 0.740. The van der Waals surface area contributed by atoms with Crippen LogP contribution in [0.2, 0.25) is 0 Å². The highest BCUT2D eigenvalue weighted by Crippen LogP contribution is 2.76. The predicted molar refractivity (Wildman–Crippen MR) is 237 cm³/mol. The Balaban J connectivity index is 1.02. The van der Waals surface area contributed by atoms with Crippen molar-refractivity contribution >= 4 is 15.8 Å². The molecule has 328 valence electrons. The molecular weight excluding hydrogens is 769 g/mol. The zero-order valence-corrected chi connectivity index (χ0v) is 38.2. The van der Waals surface area contributed by atoms with Gasteiger partial charge in [0.1, 0.15) is 18.2 Å². The highest BCUT2D eigenvalue weighted by atomic mass is 32.2. The third-order valence-corrected chi connectivity index (χ3v) is 20.5. The van der Waals surface area contributed by atoms with Crippen molar-refractivity contribution in [2.45, 2.75) is 124 Å². The molecule has 8 rings (SSSR count). The summed E-state index contributed by atoms with van der Waals surface area (Å²) >= 11 is 0. The van der Waals surface area contributed by atoms with Crippen molar-refractivity contribution in [2.75, 3.05) is 44.3 Å². The lowest BCUT2D eigenvalue weighted by Crippen LogP contribution is -2.68. The fourth-order valence-corrected chi connectivity index (χ4v) is 17.0. The maximum absolute atomic E-state index is 12.7. The van der Waals surface area contributed by atoms with E-state index < -0.39 is 21.7 Å². The van der Waals surface area contributed by atoms with E-state index in [1.807, 2.05) is 0 Å². The van der Waals surface area contributed by atoms with Gasteiger partial charge in [0, 0.05) is 37.9 Å². The first-order valence-corrected chi connectivity index (χ1v) is 25.2. The molecule has 0 aromatic carbocycles. The van der Waals surface area contributed by atoms with Crippen LogP contribution in [0.4, 0.5) is 0 Å². The van der Waals surface area contributed by atoms with E-state index in [0.717, 1.165) is 38.8 Å². The van der Waals surface area contributed by atoms with E-state index in [4.69, 9.17) is 4.74 Å². The summed E-state index contributed by atoms with van der Waals surface area (Å²) in [6, 6.07) is 5.44. The minimum absolute atomic E-state index is 0.0172. The molecule has 11 atom stereocenters. The Hall–Kier alpha value is -3.00. The number of nitrogens with zero attached hydrogens (tertiary/aromatic N) is 3. The Morgan fingerprint density at radius 1 is 1.05 bits per heavy atom. The topological polar surface area (TPSA) is 133 Å². The van der Waals surface area contributed by atoms with Gasteiger partial charge in [0.25, 0.3) is 0 Å². The minimum atomic E-state index is -2.88. The molecule has 0 amide bonds. The second-order valence-corrected chi connectivity index (χ2v) is 24.1. The number of aromatic nitrogens is 1. The third kappa shape index (κ3) is 7.22. The lowest BCUT2D eigenvalue weighted by Gasteiger charge is -2.72. The summed E-state index contributed by atoms with van der Waals surface area (Å²) in [5.74, 6) is 1.97. The summed E-state index contributed by atoms with van der Waals surface area (Å²) in [6.07, 6.45) is 20.2. The highest BCUT2D eigenvalue weighted by Gasteiger charge is 2.70. The first-order valence-electron chi connectivity index (χ1n) is 23.3. The molecule has 10 heteroatoms. The number of carbonyl (C=O) groups is 1. The van der Waals surface area contributed by atoms with Gasteiger partial charge in [-0.25, -0.2) is 13.4 Å². The molecule has 1 saturated heterocycles. The summed E-state index contributed by atoms with van der Waals surface area (Å²) in [5.41, 5.74) is 5.18. The first kappa shape index (κ1) is 43.6. The molecule has 2 N–H and O–H groups in total. The quantitative estimate of drug-likeness (QED) is 0.210. The Labute approximate surface area is 360 Å². The van der Waals surface area contributed by atoms with E-state index in [1.165, 1.54) is 68.1 Å². The molecule has 0 bridgehead atoms. The first-order chi connectivity index (χ1) is 28.4. The Bertz CT molecular complexity index is 2060. The van der Waals surface area contributed by atoms with Gasteiger partial charge in [-0.1, -0.05) is 58.9 Å².